The number of fused-ring (bicyclic) bond motifs is 1. The molecule has 1 aromatic carbocycles. The van der Waals surface area contributed by atoms with Crippen molar-refractivity contribution < 1.29 is 4.79 Å². The molecule has 0 aliphatic carbocycles. The van der Waals surface area contributed by atoms with Gasteiger partial charge in [-0.15, -0.1) is 34.0 Å². The zero-order valence-corrected chi connectivity index (χ0v) is 18.8. The predicted octanol–water partition coefficient (Wildman–Crippen LogP) is 5.32. The van der Waals surface area contributed by atoms with Gasteiger partial charge in [0.25, 0.3) is 11.5 Å². The van der Waals surface area contributed by atoms with Crippen LogP contribution in [0.5, 0.6) is 0 Å². The lowest BCUT2D eigenvalue weighted by Crippen LogP contribution is -2.33. The molecule has 0 fully saturated rings. The van der Waals surface area contributed by atoms with Crippen LogP contribution in [0.4, 0.5) is 10.8 Å². The van der Waals surface area contributed by atoms with Crippen molar-refractivity contribution in [1.82, 2.24) is 14.5 Å². The molecule has 0 aliphatic heterocycles. The average Bonchev–Trinajstić information content (AvgIpc) is 3.52. The Morgan fingerprint density at radius 3 is 2.61 bits per heavy atom. The molecule has 0 bridgehead atoms. The Morgan fingerprint density at radius 2 is 1.90 bits per heavy atom. The maximum absolute atomic E-state index is 13.4. The van der Waals surface area contributed by atoms with Crippen LogP contribution in [0.1, 0.15) is 5.69 Å². The minimum atomic E-state index is -0.253. The number of carbonyl (C=O) groups excluding carboxylic acids is 1. The van der Waals surface area contributed by atoms with Gasteiger partial charge in [-0.05, 0) is 30.5 Å². The molecule has 0 spiro atoms. The van der Waals surface area contributed by atoms with Crippen LogP contribution in [0.2, 0.25) is 0 Å². The Hall–Kier alpha value is -3.14. The minimum Gasteiger partial charge on any atom is -0.289 e. The van der Waals surface area contributed by atoms with Crippen LogP contribution in [0, 0.1) is 6.92 Å². The molecule has 154 valence electrons. The number of amides is 1. The highest BCUT2D eigenvalue weighted by Gasteiger charge is 2.23. The first-order chi connectivity index (χ1) is 15.1. The molecule has 6 nitrogen and oxygen atoms in total. The van der Waals surface area contributed by atoms with E-state index in [9.17, 15) is 9.59 Å². The van der Waals surface area contributed by atoms with Crippen molar-refractivity contribution in [3.63, 3.8) is 0 Å². The monoisotopic (exact) mass is 464 g/mol. The number of benzene rings is 1. The van der Waals surface area contributed by atoms with Gasteiger partial charge in [-0.2, -0.15) is 0 Å². The van der Waals surface area contributed by atoms with E-state index in [0.717, 1.165) is 16.1 Å². The van der Waals surface area contributed by atoms with E-state index in [1.54, 1.807) is 16.2 Å². The van der Waals surface area contributed by atoms with Crippen molar-refractivity contribution in [2.24, 2.45) is 0 Å². The van der Waals surface area contributed by atoms with Gasteiger partial charge in [0.05, 0.1) is 23.1 Å². The van der Waals surface area contributed by atoms with Crippen molar-refractivity contribution in [3.8, 4) is 10.4 Å². The highest BCUT2D eigenvalue weighted by molar-refractivity contribution is 7.18. The van der Waals surface area contributed by atoms with Crippen molar-refractivity contribution in [3.05, 3.63) is 81.0 Å². The van der Waals surface area contributed by atoms with Crippen molar-refractivity contribution in [1.29, 1.82) is 0 Å². The third-order valence-corrected chi connectivity index (χ3v) is 7.45. The number of carbonyl (C=O) groups is 1. The van der Waals surface area contributed by atoms with Gasteiger partial charge in [-0.3, -0.25) is 19.1 Å². The number of hydrogen-bond acceptors (Lipinski definition) is 7. The Labute approximate surface area is 189 Å². The summed E-state index contributed by atoms with van der Waals surface area (Å²) in [6.45, 7) is 1.76. The fourth-order valence-corrected chi connectivity index (χ4v) is 5.85. The summed E-state index contributed by atoms with van der Waals surface area (Å²) >= 11 is 4.40. The number of aromatic nitrogens is 3. The number of thiazole rings is 1. The Morgan fingerprint density at radius 1 is 1.06 bits per heavy atom. The smallest absolute Gasteiger partial charge is 0.263 e. The number of nitrogens with zero attached hydrogens (tertiary/aromatic N) is 4. The van der Waals surface area contributed by atoms with E-state index in [4.69, 9.17) is 0 Å². The fraction of sp³-hybridized carbons (Fsp3) is 0.0909. The summed E-state index contributed by atoms with van der Waals surface area (Å²) in [6.07, 6.45) is 1.45. The fourth-order valence-electron chi connectivity index (χ4n) is 3.29. The van der Waals surface area contributed by atoms with Gasteiger partial charge >= 0.3 is 0 Å². The molecule has 0 radical (unpaired) electrons. The third kappa shape index (κ3) is 3.71. The first kappa shape index (κ1) is 19.8. The number of rotatable bonds is 5. The van der Waals surface area contributed by atoms with E-state index in [1.165, 1.54) is 33.6 Å². The molecule has 0 aliphatic rings. The van der Waals surface area contributed by atoms with E-state index >= 15 is 0 Å². The molecule has 31 heavy (non-hydrogen) atoms. The molecule has 4 heterocycles. The van der Waals surface area contributed by atoms with Gasteiger partial charge in [0.1, 0.15) is 11.4 Å². The van der Waals surface area contributed by atoms with E-state index in [2.05, 4.69) is 9.97 Å². The number of aryl methyl sites for hydroxylation is 1. The lowest BCUT2D eigenvalue weighted by atomic mass is 10.2. The quantitative estimate of drug-likeness (QED) is 0.353. The molecule has 0 saturated carbocycles. The molecule has 0 atom stereocenters. The molecule has 0 saturated heterocycles. The third-order valence-electron chi connectivity index (χ3n) is 4.71. The lowest BCUT2D eigenvalue weighted by Gasteiger charge is -2.20. The SMILES string of the molecule is Cc1csc(N(C(=O)Cn2cnc3scc(-c4cccs4)c3c2=O)c2ccccc2)n1. The van der Waals surface area contributed by atoms with Crippen molar-refractivity contribution in [2.45, 2.75) is 13.5 Å². The molecule has 1 amide bonds. The maximum Gasteiger partial charge on any atom is 0.263 e. The number of thiophene rings is 2. The maximum atomic E-state index is 13.4. The highest BCUT2D eigenvalue weighted by atomic mass is 32.1. The standard InChI is InChI=1S/C22H16N4O2S3/c1-14-11-31-22(24-14)26(15-6-3-2-4-7-15)18(27)10-25-13-23-20-19(21(25)28)16(12-30-20)17-8-5-9-29-17/h2-9,11-13H,10H2,1H3. The molecule has 0 unspecified atom stereocenters. The first-order valence-corrected chi connectivity index (χ1v) is 12.1. The average molecular weight is 465 g/mol. The Bertz CT molecular complexity index is 1420. The highest BCUT2D eigenvalue weighted by Crippen LogP contribution is 2.33. The van der Waals surface area contributed by atoms with Crippen molar-refractivity contribution >= 4 is 61.0 Å². The molecular weight excluding hydrogens is 448 g/mol. The second-order valence-corrected chi connectivity index (χ2v) is 9.46. The van der Waals surface area contributed by atoms with E-state index in [1.807, 2.05) is 65.5 Å². The largest absolute Gasteiger partial charge is 0.289 e. The van der Waals surface area contributed by atoms with E-state index in [0.29, 0.717) is 21.0 Å². The lowest BCUT2D eigenvalue weighted by molar-refractivity contribution is -0.118. The molecule has 0 N–H and O–H groups in total. The minimum absolute atomic E-state index is 0.130. The van der Waals surface area contributed by atoms with E-state index in [-0.39, 0.29) is 18.0 Å². The summed E-state index contributed by atoms with van der Waals surface area (Å²) < 4.78 is 1.38. The second kappa shape index (κ2) is 8.18. The first-order valence-electron chi connectivity index (χ1n) is 9.42. The Balaban J connectivity index is 1.55. The zero-order valence-electron chi connectivity index (χ0n) is 16.4. The number of anilines is 2. The Kier molecular flexibility index (Phi) is 5.23. The van der Waals surface area contributed by atoms with Crippen LogP contribution in [0.3, 0.4) is 0 Å². The molecule has 4 aromatic heterocycles. The molecular formula is C22H16N4O2S3. The summed E-state index contributed by atoms with van der Waals surface area (Å²) in [7, 11) is 0. The second-order valence-electron chi connectivity index (χ2n) is 6.82. The van der Waals surface area contributed by atoms with Gasteiger partial charge in [0.15, 0.2) is 5.13 Å². The van der Waals surface area contributed by atoms with Gasteiger partial charge in [-0.25, -0.2) is 9.97 Å². The predicted molar refractivity (Wildman–Crippen MR) is 128 cm³/mol. The van der Waals surface area contributed by atoms with Crippen molar-refractivity contribution in [2.75, 3.05) is 4.90 Å². The summed E-state index contributed by atoms with van der Waals surface area (Å²) in [4.78, 5) is 38.8. The summed E-state index contributed by atoms with van der Waals surface area (Å²) in [5, 5.41) is 6.96. The summed E-state index contributed by atoms with van der Waals surface area (Å²) in [5.74, 6) is -0.253. The number of hydrogen-bond donors (Lipinski definition) is 0. The molecule has 5 rings (SSSR count). The zero-order chi connectivity index (χ0) is 21.4. The molecule has 5 aromatic rings. The van der Waals surface area contributed by atoms with Gasteiger partial charge in [0.2, 0.25) is 0 Å². The normalized spacial score (nSPS) is 11.1. The van der Waals surface area contributed by atoms with Crippen LogP contribution in [0.25, 0.3) is 20.7 Å². The van der Waals surface area contributed by atoms with E-state index < -0.39 is 0 Å². The van der Waals surface area contributed by atoms with Crippen LogP contribution in [-0.2, 0) is 11.3 Å². The summed E-state index contributed by atoms with van der Waals surface area (Å²) in [5.41, 5.74) is 2.20. The van der Waals surface area contributed by atoms with Gasteiger partial charge in [-0.1, -0.05) is 24.3 Å². The van der Waals surface area contributed by atoms with Crippen LogP contribution < -0.4 is 10.5 Å². The van der Waals surface area contributed by atoms with Crippen LogP contribution in [0.15, 0.2) is 69.7 Å². The molecule has 9 heteroatoms. The summed E-state index contributed by atoms with van der Waals surface area (Å²) in [6, 6.07) is 13.3. The number of para-hydroxylation sites is 1. The van der Waals surface area contributed by atoms with Crippen LogP contribution >= 0.6 is 34.0 Å². The van der Waals surface area contributed by atoms with Crippen LogP contribution in [-0.4, -0.2) is 20.4 Å². The van der Waals surface area contributed by atoms with Gasteiger partial charge < -0.3 is 0 Å². The topological polar surface area (TPSA) is 68.1 Å². The van der Waals surface area contributed by atoms with Gasteiger partial charge in [0, 0.05) is 21.2 Å².